The maximum absolute atomic E-state index is 13.3. The van der Waals surface area contributed by atoms with Gasteiger partial charge >= 0.3 is 11.9 Å². The van der Waals surface area contributed by atoms with E-state index in [0.29, 0.717) is 29.6 Å². The van der Waals surface area contributed by atoms with Gasteiger partial charge in [-0.2, -0.15) is 0 Å². The number of aliphatic hydroxyl groups excluding tert-OH is 1. The molecule has 0 amide bonds. The Bertz CT molecular complexity index is 1150. The van der Waals surface area contributed by atoms with Crippen LogP contribution in [0.1, 0.15) is 58.9 Å². The first-order chi connectivity index (χ1) is 16.3. The highest BCUT2D eigenvalue weighted by molar-refractivity contribution is 5.89. The predicted octanol–water partition coefficient (Wildman–Crippen LogP) is 2.05. The molecule has 1 unspecified atom stereocenters. The van der Waals surface area contributed by atoms with Gasteiger partial charge in [-0.3, -0.25) is 9.78 Å². The molecule has 0 bridgehead atoms. The Hall–Kier alpha value is -3.70. The maximum Gasteiger partial charge on any atom is 0.337 e. The van der Waals surface area contributed by atoms with E-state index >= 15 is 0 Å². The molecule has 0 fully saturated rings. The quantitative estimate of drug-likeness (QED) is 0.427. The van der Waals surface area contributed by atoms with Gasteiger partial charge in [0.05, 0.1) is 37.2 Å². The number of hydrogen-bond acceptors (Lipinski definition) is 9. The first kappa shape index (κ1) is 24.9. The van der Waals surface area contributed by atoms with Crippen LogP contribution in [0.15, 0.2) is 36.4 Å². The molecule has 2 heterocycles. The van der Waals surface area contributed by atoms with Crippen LogP contribution in [0.4, 0.5) is 4.39 Å². The molecule has 1 atom stereocenters. The van der Waals surface area contributed by atoms with Gasteiger partial charge in [-0.15, -0.1) is 10.2 Å². The van der Waals surface area contributed by atoms with Gasteiger partial charge in [0.1, 0.15) is 24.4 Å². The van der Waals surface area contributed by atoms with Gasteiger partial charge in [0.15, 0.2) is 5.82 Å². The number of rotatable bonds is 10. The molecular weight excluding hydrogens is 445 g/mol. The number of hydrogen-bond donors (Lipinski definition) is 2. The van der Waals surface area contributed by atoms with Crippen LogP contribution >= 0.6 is 0 Å². The van der Waals surface area contributed by atoms with E-state index in [0.717, 1.165) is 5.56 Å². The summed E-state index contributed by atoms with van der Waals surface area (Å²) in [4.78, 5) is 27.6. The van der Waals surface area contributed by atoms with Crippen LogP contribution in [0.2, 0.25) is 0 Å². The Morgan fingerprint density at radius 1 is 1.15 bits per heavy atom. The van der Waals surface area contributed by atoms with Crippen molar-refractivity contribution in [2.24, 2.45) is 0 Å². The molecule has 2 aromatic heterocycles. The lowest BCUT2D eigenvalue weighted by Crippen LogP contribution is -2.20. The number of methoxy groups -OCH3 is 1. The zero-order valence-corrected chi connectivity index (χ0v) is 19.1. The van der Waals surface area contributed by atoms with E-state index in [1.807, 2.05) is 0 Å². The van der Waals surface area contributed by atoms with E-state index in [4.69, 9.17) is 9.47 Å². The molecule has 0 radical (unpaired) electrons. The highest BCUT2D eigenvalue weighted by atomic mass is 19.1. The van der Waals surface area contributed by atoms with E-state index in [2.05, 4.69) is 20.5 Å². The molecule has 1 aromatic carbocycles. The second kappa shape index (κ2) is 11.4. The van der Waals surface area contributed by atoms with Gasteiger partial charge < -0.3 is 24.5 Å². The molecule has 34 heavy (non-hydrogen) atoms. The molecule has 0 aliphatic carbocycles. The second-order valence-corrected chi connectivity index (χ2v) is 7.58. The lowest BCUT2D eigenvalue weighted by atomic mass is 10.2. The van der Waals surface area contributed by atoms with Crippen LogP contribution in [0.3, 0.4) is 0 Å². The van der Waals surface area contributed by atoms with Gasteiger partial charge in [-0.05, 0) is 36.8 Å². The van der Waals surface area contributed by atoms with Crippen molar-refractivity contribution >= 4 is 11.9 Å². The number of aromatic nitrogens is 4. The third kappa shape index (κ3) is 6.65. The molecule has 3 aromatic rings. The standard InChI is InChI=1S/C23H26FN5O5/c1-14(30)22-28-27-21(29(22)12-16-4-6-18(24)7-5-16)11-25-10-19-8-17(23(32)33-3)9-20(26-19)13-34-15(2)31/h4-9,14,25,30H,10-13H2,1-3H3. The molecule has 0 aliphatic heterocycles. The van der Waals surface area contributed by atoms with Crippen LogP contribution < -0.4 is 5.32 Å². The zero-order valence-electron chi connectivity index (χ0n) is 19.1. The Morgan fingerprint density at radius 3 is 2.50 bits per heavy atom. The van der Waals surface area contributed by atoms with Crippen molar-refractivity contribution in [2.75, 3.05) is 7.11 Å². The Kier molecular flexibility index (Phi) is 8.39. The highest BCUT2D eigenvalue weighted by Crippen LogP contribution is 2.15. The second-order valence-electron chi connectivity index (χ2n) is 7.58. The number of esters is 2. The molecule has 0 saturated heterocycles. The van der Waals surface area contributed by atoms with Crippen molar-refractivity contribution in [2.45, 2.75) is 46.2 Å². The Morgan fingerprint density at radius 2 is 1.85 bits per heavy atom. The number of ether oxygens (including phenoxy) is 2. The molecule has 2 N–H and O–H groups in total. The maximum atomic E-state index is 13.3. The average Bonchev–Trinajstić information content (AvgIpc) is 3.21. The monoisotopic (exact) mass is 471 g/mol. The number of carbonyl (C=O) groups excluding carboxylic acids is 2. The summed E-state index contributed by atoms with van der Waals surface area (Å²) in [5, 5.41) is 21.5. The van der Waals surface area contributed by atoms with E-state index in [9.17, 15) is 19.1 Å². The highest BCUT2D eigenvalue weighted by Gasteiger charge is 2.17. The topological polar surface area (TPSA) is 128 Å². The van der Waals surface area contributed by atoms with E-state index in [1.165, 1.54) is 32.2 Å². The van der Waals surface area contributed by atoms with Gasteiger partial charge in [0, 0.05) is 13.5 Å². The van der Waals surface area contributed by atoms with Crippen molar-refractivity contribution in [3.8, 4) is 0 Å². The molecule has 11 heteroatoms. The SMILES string of the molecule is COC(=O)c1cc(CNCc2nnc(C(C)O)n2Cc2ccc(F)cc2)nc(COC(C)=O)c1. The van der Waals surface area contributed by atoms with Crippen molar-refractivity contribution in [3.05, 3.63) is 76.4 Å². The lowest BCUT2D eigenvalue weighted by Gasteiger charge is -2.13. The van der Waals surface area contributed by atoms with Gasteiger partial charge in [0.2, 0.25) is 0 Å². The molecule has 3 rings (SSSR count). The predicted molar refractivity (Wildman–Crippen MR) is 118 cm³/mol. The van der Waals surface area contributed by atoms with E-state index in [-0.39, 0.29) is 31.1 Å². The number of halogens is 1. The summed E-state index contributed by atoms with van der Waals surface area (Å²) in [6, 6.07) is 9.14. The summed E-state index contributed by atoms with van der Waals surface area (Å²) in [7, 11) is 1.28. The van der Waals surface area contributed by atoms with Crippen molar-refractivity contribution in [1.82, 2.24) is 25.1 Å². The lowest BCUT2D eigenvalue weighted by molar-refractivity contribution is -0.142. The largest absolute Gasteiger partial charge is 0.465 e. The minimum Gasteiger partial charge on any atom is -0.465 e. The molecule has 0 aliphatic rings. The first-order valence-corrected chi connectivity index (χ1v) is 10.5. The van der Waals surface area contributed by atoms with Crippen LogP contribution in [0.5, 0.6) is 0 Å². The normalized spacial score (nSPS) is 11.8. The molecular formula is C23H26FN5O5. The fourth-order valence-electron chi connectivity index (χ4n) is 3.26. The van der Waals surface area contributed by atoms with Crippen molar-refractivity contribution in [3.63, 3.8) is 0 Å². The number of aliphatic hydroxyl groups is 1. The summed E-state index contributed by atoms with van der Waals surface area (Å²) in [5.41, 5.74) is 2.05. The third-order valence-corrected chi connectivity index (χ3v) is 4.85. The number of pyridine rings is 1. The minimum absolute atomic E-state index is 0.0725. The molecule has 0 spiro atoms. The van der Waals surface area contributed by atoms with Crippen LogP contribution in [0.25, 0.3) is 0 Å². The zero-order chi connectivity index (χ0) is 24.7. The smallest absolute Gasteiger partial charge is 0.337 e. The van der Waals surface area contributed by atoms with Gasteiger partial charge in [-0.1, -0.05) is 12.1 Å². The first-order valence-electron chi connectivity index (χ1n) is 10.5. The van der Waals surface area contributed by atoms with E-state index in [1.54, 1.807) is 29.7 Å². The Labute approximate surface area is 195 Å². The number of nitrogens with zero attached hydrogens (tertiary/aromatic N) is 4. The average molecular weight is 471 g/mol. The third-order valence-electron chi connectivity index (χ3n) is 4.85. The summed E-state index contributed by atoms with van der Waals surface area (Å²) in [5.74, 6) is -0.382. The minimum atomic E-state index is -0.844. The van der Waals surface area contributed by atoms with Gasteiger partial charge in [0.25, 0.3) is 0 Å². The van der Waals surface area contributed by atoms with Crippen molar-refractivity contribution in [1.29, 1.82) is 0 Å². The summed E-state index contributed by atoms with van der Waals surface area (Å²) >= 11 is 0. The molecule has 180 valence electrons. The van der Waals surface area contributed by atoms with Crippen LogP contribution in [0, 0.1) is 5.82 Å². The van der Waals surface area contributed by atoms with E-state index < -0.39 is 18.0 Å². The fraction of sp³-hybridized carbons (Fsp3) is 0.348. The molecule has 0 saturated carbocycles. The summed E-state index contributed by atoms with van der Waals surface area (Å²) in [6.45, 7) is 3.71. The summed E-state index contributed by atoms with van der Waals surface area (Å²) < 4.78 is 24.8. The number of carbonyl (C=O) groups is 2. The van der Waals surface area contributed by atoms with Gasteiger partial charge in [-0.25, -0.2) is 9.18 Å². The van der Waals surface area contributed by atoms with Crippen LogP contribution in [-0.4, -0.2) is 43.9 Å². The van der Waals surface area contributed by atoms with Crippen LogP contribution in [-0.2, 0) is 40.5 Å². The number of benzene rings is 1. The number of nitrogens with one attached hydrogen (secondary N) is 1. The fourth-order valence-corrected chi connectivity index (χ4v) is 3.26. The molecule has 10 nitrogen and oxygen atoms in total. The van der Waals surface area contributed by atoms with Crippen molar-refractivity contribution < 1.29 is 28.6 Å². The summed E-state index contributed by atoms with van der Waals surface area (Å²) in [6.07, 6.45) is -0.844. The Balaban J connectivity index is 1.75.